The van der Waals surface area contributed by atoms with Crippen LogP contribution >= 0.6 is 0 Å². The number of aromatic nitrogens is 3. The van der Waals surface area contributed by atoms with Gasteiger partial charge in [0.2, 0.25) is 5.91 Å². The van der Waals surface area contributed by atoms with Gasteiger partial charge >= 0.3 is 0 Å². The van der Waals surface area contributed by atoms with Gasteiger partial charge in [0.05, 0.1) is 23.9 Å². The third kappa shape index (κ3) is 4.13. The van der Waals surface area contributed by atoms with E-state index in [9.17, 15) is 9.18 Å². The lowest BCUT2D eigenvalue weighted by Gasteiger charge is -2.21. The Morgan fingerprint density at radius 2 is 2.13 bits per heavy atom. The second kappa shape index (κ2) is 8.35. The van der Waals surface area contributed by atoms with Crippen molar-refractivity contribution in [3.63, 3.8) is 0 Å². The lowest BCUT2D eigenvalue weighted by molar-refractivity contribution is -0.116. The van der Waals surface area contributed by atoms with E-state index in [1.807, 2.05) is 6.07 Å². The monoisotopic (exact) mass is 425 g/mol. The molecular formula is C20H20FN7O3. The van der Waals surface area contributed by atoms with Crippen molar-refractivity contribution >= 4 is 34.6 Å². The zero-order valence-electron chi connectivity index (χ0n) is 16.9. The van der Waals surface area contributed by atoms with Crippen LogP contribution in [0, 0.1) is 23.1 Å². The summed E-state index contributed by atoms with van der Waals surface area (Å²) >= 11 is 0. The molecule has 31 heavy (non-hydrogen) atoms. The molecule has 11 heteroatoms. The van der Waals surface area contributed by atoms with Crippen LogP contribution in [0.15, 0.2) is 24.4 Å². The van der Waals surface area contributed by atoms with E-state index in [1.165, 1.54) is 22.8 Å². The summed E-state index contributed by atoms with van der Waals surface area (Å²) in [7, 11) is 1.72. The molecule has 0 fully saturated rings. The molecule has 1 aliphatic rings. The number of halogens is 1. The minimum Gasteiger partial charge on any atom is -0.486 e. The van der Waals surface area contributed by atoms with Crippen molar-refractivity contribution in [1.29, 1.82) is 5.26 Å². The number of nitrogens with one attached hydrogen (secondary N) is 3. The van der Waals surface area contributed by atoms with Crippen LogP contribution < -0.4 is 25.4 Å². The second-order valence-electron chi connectivity index (χ2n) is 6.96. The minimum atomic E-state index is -0.481. The molecule has 1 aromatic carbocycles. The number of fused-ring (bicyclic) bond motifs is 2. The molecule has 1 unspecified atom stereocenters. The van der Waals surface area contributed by atoms with E-state index in [2.05, 4.69) is 26.0 Å². The van der Waals surface area contributed by atoms with Crippen molar-refractivity contribution < 1.29 is 18.7 Å². The summed E-state index contributed by atoms with van der Waals surface area (Å²) in [6.07, 6.45) is 1.53. The summed E-state index contributed by atoms with van der Waals surface area (Å²) in [5.41, 5.74) is 1.12. The van der Waals surface area contributed by atoms with Crippen LogP contribution in [0.25, 0.3) is 5.65 Å². The molecule has 3 heterocycles. The normalized spacial score (nSPS) is 13.4. The first-order chi connectivity index (χ1) is 15.0. The lowest BCUT2D eigenvalue weighted by Crippen LogP contribution is -2.17. The van der Waals surface area contributed by atoms with E-state index in [4.69, 9.17) is 14.7 Å². The summed E-state index contributed by atoms with van der Waals surface area (Å²) < 4.78 is 26.7. The zero-order chi connectivity index (χ0) is 22.0. The highest BCUT2D eigenvalue weighted by atomic mass is 19.1. The van der Waals surface area contributed by atoms with Gasteiger partial charge in [0.15, 0.2) is 17.1 Å². The topological polar surface area (TPSA) is 126 Å². The number of benzene rings is 1. The standard InChI is InChI=1S/C20H20FN7O3/c1-11(9-22)5-18(29)26-14-10-24-28-17(23-2)8-16(27-20(14)28)25-13-6-12(21)7-15-19(13)31-4-3-30-15/h6-8,10-11,23H,3-5H2,1-2H3,(H,25,27)(H,26,29). The quantitative estimate of drug-likeness (QED) is 0.550. The zero-order valence-corrected chi connectivity index (χ0v) is 16.9. The number of hydrogen-bond acceptors (Lipinski definition) is 8. The third-order valence-electron chi connectivity index (χ3n) is 4.58. The summed E-state index contributed by atoms with van der Waals surface area (Å²) in [6, 6.07) is 6.27. The first-order valence-electron chi connectivity index (χ1n) is 9.60. The van der Waals surface area contributed by atoms with Crippen molar-refractivity contribution in [3.8, 4) is 17.6 Å². The number of hydrogen-bond donors (Lipinski definition) is 3. The molecule has 1 amide bonds. The van der Waals surface area contributed by atoms with Crippen LogP contribution in [0.5, 0.6) is 11.5 Å². The maximum atomic E-state index is 14.1. The lowest BCUT2D eigenvalue weighted by atomic mass is 10.1. The highest BCUT2D eigenvalue weighted by Gasteiger charge is 2.20. The van der Waals surface area contributed by atoms with Crippen molar-refractivity contribution in [2.45, 2.75) is 13.3 Å². The molecule has 0 radical (unpaired) electrons. The molecular weight excluding hydrogens is 405 g/mol. The van der Waals surface area contributed by atoms with Crippen molar-refractivity contribution in [2.24, 2.45) is 5.92 Å². The van der Waals surface area contributed by atoms with Gasteiger partial charge in [0, 0.05) is 31.7 Å². The largest absolute Gasteiger partial charge is 0.486 e. The molecule has 1 atom stereocenters. The summed E-state index contributed by atoms with van der Waals surface area (Å²) in [5, 5.41) is 22.0. The van der Waals surface area contributed by atoms with E-state index < -0.39 is 11.7 Å². The minimum absolute atomic E-state index is 0.0530. The Bertz CT molecular complexity index is 1190. The number of rotatable bonds is 6. The van der Waals surface area contributed by atoms with Gasteiger partial charge < -0.3 is 25.4 Å². The Hall–Kier alpha value is -4.07. The van der Waals surface area contributed by atoms with E-state index in [-0.39, 0.29) is 12.3 Å². The molecule has 4 rings (SSSR count). The van der Waals surface area contributed by atoms with E-state index in [0.29, 0.717) is 53.4 Å². The fraction of sp³-hybridized carbons (Fsp3) is 0.300. The Kier molecular flexibility index (Phi) is 5.44. The Balaban J connectivity index is 1.69. The molecule has 0 spiro atoms. The van der Waals surface area contributed by atoms with Crippen LogP contribution in [-0.2, 0) is 4.79 Å². The van der Waals surface area contributed by atoms with Gasteiger partial charge in [-0.2, -0.15) is 14.9 Å². The highest BCUT2D eigenvalue weighted by Crippen LogP contribution is 2.40. The smallest absolute Gasteiger partial charge is 0.225 e. The number of nitriles is 1. The van der Waals surface area contributed by atoms with Gasteiger partial charge in [-0.25, -0.2) is 9.37 Å². The third-order valence-corrected chi connectivity index (χ3v) is 4.58. The molecule has 0 saturated carbocycles. The summed E-state index contributed by atoms with van der Waals surface area (Å²) in [5.74, 6) is 0.452. The maximum Gasteiger partial charge on any atom is 0.225 e. The average molecular weight is 425 g/mol. The first kappa shape index (κ1) is 20.2. The van der Waals surface area contributed by atoms with Crippen LogP contribution in [0.2, 0.25) is 0 Å². The molecule has 0 bridgehead atoms. The van der Waals surface area contributed by atoms with E-state index in [1.54, 1.807) is 20.0 Å². The Morgan fingerprint density at radius 1 is 1.32 bits per heavy atom. The predicted octanol–water partition coefficient (Wildman–Crippen LogP) is 2.91. The molecule has 3 N–H and O–H groups in total. The fourth-order valence-electron chi connectivity index (χ4n) is 3.17. The first-order valence-corrected chi connectivity index (χ1v) is 9.60. The van der Waals surface area contributed by atoms with Crippen LogP contribution in [0.4, 0.5) is 27.4 Å². The van der Waals surface area contributed by atoms with Crippen molar-refractivity contribution in [1.82, 2.24) is 14.6 Å². The highest BCUT2D eigenvalue weighted by molar-refractivity contribution is 5.94. The molecule has 1 aliphatic heterocycles. The van der Waals surface area contributed by atoms with Gasteiger partial charge in [-0.05, 0) is 6.92 Å². The van der Waals surface area contributed by atoms with Crippen molar-refractivity contribution in [3.05, 3.63) is 30.2 Å². The van der Waals surface area contributed by atoms with E-state index in [0.717, 1.165) is 0 Å². The van der Waals surface area contributed by atoms with Gasteiger partial charge in [-0.15, -0.1) is 0 Å². The Morgan fingerprint density at radius 3 is 2.90 bits per heavy atom. The summed E-state index contributed by atoms with van der Waals surface area (Å²) in [4.78, 5) is 16.7. The second-order valence-corrected chi connectivity index (χ2v) is 6.96. The van der Waals surface area contributed by atoms with Gasteiger partial charge in [-0.3, -0.25) is 4.79 Å². The van der Waals surface area contributed by atoms with Gasteiger partial charge in [0.25, 0.3) is 0 Å². The van der Waals surface area contributed by atoms with Crippen molar-refractivity contribution in [2.75, 3.05) is 36.2 Å². The van der Waals surface area contributed by atoms with Crippen LogP contribution in [-0.4, -0.2) is 40.8 Å². The predicted molar refractivity (Wildman–Crippen MR) is 111 cm³/mol. The number of carbonyl (C=O) groups is 1. The van der Waals surface area contributed by atoms with Crippen LogP contribution in [0.3, 0.4) is 0 Å². The maximum absolute atomic E-state index is 14.1. The average Bonchev–Trinajstić information content (AvgIpc) is 3.15. The van der Waals surface area contributed by atoms with Gasteiger partial charge in [-0.1, -0.05) is 0 Å². The number of amides is 1. The Labute approximate surface area is 177 Å². The number of anilines is 4. The molecule has 160 valence electrons. The SMILES string of the molecule is CNc1cc(Nc2cc(F)cc3c2OCCO3)nc2c(NC(=O)CC(C)C#N)cnn12. The van der Waals surface area contributed by atoms with E-state index >= 15 is 0 Å². The molecule has 0 saturated heterocycles. The van der Waals surface area contributed by atoms with Gasteiger partial charge in [0.1, 0.15) is 36.4 Å². The molecule has 10 nitrogen and oxygen atoms in total. The number of nitrogens with zero attached hydrogens (tertiary/aromatic N) is 4. The molecule has 0 aliphatic carbocycles. The molecule has 3 aromatic rings. The summed E-state index contributed by atoms with van der Waals surface area (Å²) in [6.45, 7) is 2.36. The molecule has 2 aromatic heterocycles. The number of ether oxygens (including phenoxy) is 2. The fourth-order valence-corrected chi connectivity index (χ4v) is 3.17. The van der Waals surface area contributed by atoms with Crippen LogP contribution in [0.1, 0.15) is 13.3 Å². The number of carbonyl (C=O) groups excluding carboxylic acids is 1.